The number of hydrogen-bond donors (Lipinski definition) is 1. The number of halogens is 1. The van der Waals surface area contributed by atoms with Gasteiger partial charge in [-0.15, -0.1) is 0 Å². The van der Waals surface area contributed by atoms with Crippen LogP contribution in [0.4, 0.5) is 4.39 Å². The first-order chi connectivity index (χ1) is 8.56. The Bertz CT molecular complexity index is 382. The minimum atomic E-state index is -0.548. The fourth-order valence-corrected chi connectivity index (χ4v) is 3.08. The average Bonchev–Trinajstić information content (AvgIpc) is 2.39. The van der Waals surface area contributed by atoms with Gasteiger partial charge >= 0.3 is 0 Å². The van der Waals surface area contributed by atoms with Gasteiger partial charge in [0.15, 0.2) is 0 Å². The monoisotopic (exact) mass is 251 g/mol. The van der Waals surface area contributed by atoms with E-state index in [9.17, 15) is 9.50 Å². The largest absolute Gasteiger partial charge is 0.386 e. The number of nitrogens with zero attached hydrogens (tertiary/aromatic N) is 1. The third-order valence-corrected chi connectivity index (χ3v) is 4.30. The predicted octanol–water partition coefficient (Wildman–Crippen LogP) is 3.12. The summed E-state index contributed by atoms with van der Waals surface area (Å²) in [6.07, 6.45) is 4.99. The highest BCUT2D eigenvalue weighted by molar-refractivity contribution is 5.22. The van der Waals surface area contributed by atoms with E-state index in [1.54, 1.807) is 12.1 Å². The number of likely N-dealkylation sites (N-methyl/N-ethyl adjacent to an activating group) is 1. The number of aliphatic hydroxyl groups excluding tert-OH is 1. The Hall–Kier alpha value is -0.930. The normalized spacial score (nSPS) is 20.9. The lowest BCUT2D eigenvalue weighted by atomic mass is 9.74. The molecule has 1 aromatic rings. The highest BCUT2D eigenvalue weighted by atomic mass is 19.1. The van der Waals surface area contributed by atoms with Crippen LogP contribution in [-0.2, 0) is 0 Å². The summed E-state index contributed by atoms with van der Waals surface area (Å²) < 4.78 is 13.0. The van der Waals surface area contributed by atoms with Crippen LogP contribution in [0.15, 0.2) is 24.3 Å². The van der Waals surface area contributed by atoms with Crippen molar-refractivity contribution in [2.45, 2.75) is 43.7 Å². The van der Waals surface area contributed by atoms with Crippen molar-refractivity contribution in [2.75, 3.05) is 14.1 Å². The molecule has 100 valence electrons. The summed E-state index contributed by atoms with van der Waals surface area (Å²) in [6.45, 7) is 0. The van der Waals surface area contributed by atoms with Crippen molar-refractivity contribution < 1.29 is 9.50 Å². The summed E-state index contributed by atoms with van der Waals surface area (Å²) in [4.78, 5) is 2.14. The first-order valence-corrected chi connectivity index (χ1v) is 6.67. The number of benzene rings is 1. The van der Waals surface area contributed by atoms with E-state index in [4.69, 9.17) is 0 Å². The summed E-state index contributed by atoms with van der Waals surface area (Å²) in [6, 6.07) is 6.23. The average molecular weight is 251 g/mol. The molecule has 3 heteroatoms. The first-order valence-electron chi connectivity index (χ1n) is 6.67. The molecule has 1 unspecified atom stereocenters. The smallest absolute Gasteiger partial charge is 0.123 e. The molecule has 0 radical (unpaired) electrons. The minimum absolute atomic E-state index is 0.198. The van der Waals surface area contributed by atoms with Crippen molar-refractivity contribution in [3.63, 3.8) is 0 Å². The zero-order valence-electron chi connectivity index (χ0n) is 11.2. The van der Waals surface area contributed by atoms with Crippen LogP contribution < -0.4 is 0 Å². The van der Waals surface area contributed by atoms with Crippen LogP contribution >= 0.6 is 0 Å². The molecule has 0 saturated heterocycles. The molecule has 1 aliphatic rings. The topological polar surface area (TPSA) is 23.5 Å². The Balaban J connectivity index is 2.27. The fraction of sp³-hybridized carbons (Fsp3) is 0.600. The van der Waals surface area contributed by atoms with E-state index in [1.165, 1.54) is 18.6 Å². The molecule has 0 amide bonds. The van der Waals surface area contributed by atoms with Gasteiger partial charge in [0.2, 0.25) is 0 Å². The Labute approximate surface area is 108 Å². The third-order valence-electron chi connectivity index (χ3n) is 4.30. The van der Waals surface area contributed by atoms with Gasteiger partial charge in [-0.3, -0.25) is 0 Å². The number of hydrogen-bond acceptors (Lipinski definition) is 2. The maximum Gasteiger partial charge on any atom is 0.123 e. The van der Waals surface area contributed by atoms with E-state index < -0.39 is 6.10 Å². The second-order valence-electron chi connectivity index (χ2n) is 5.51. The summed E-state index contributed by atoms with van der Waals surface area (Å²) in [5.41, 5.74) is 0.614. The molecule has 0 aromatic heterocycles. The molecule has 2 nitrogen and oxygen atoms in total. The van der Waals surface area contributed by atoms with Crippen LogP contribution in [0.1, 0.15) is 43.8 Å². The predicted molar refractivity (Wildman–Crippen MR) is 70.9 cm³/mol. The lowest BCUT2D eigenvalue weighted by Gasteiger charge is -2.46. The van der Waals surface area contributed by atoms with Gasteiger partial charge in [-0.2, -0.15) is 0 Å². The third kappa shape index (κ3) is 2.43. The molecule has 0 spiro atoms. The minimum Gasteiger partial charge on any atom is -0.386 e. The van der Waals surface area contributed by atoms with E-state index >= 15 is 0 Å². The zero-order valence-corrected chi connectivity index (χ0v) is 11.2. The van der Waals surface area contributed by atoms with Crippen molar-refractivity contribution in [3.8, 4) is 0 Å². The van der Waals surface area contributed by atoms with E-state index in [0.29, 0.717) is 0 Å². The van der Waals surface area contributed by atoms with Crippen LogP contribution in [0.3, 0.4) is 0 Å². The van der Waals surface area contributed by atoms with Gasteiger partial charge in [-0.1, -0.05) is 31.4 Å². The molecule has 1 atom stereocenters. The molecule has 0 aliphatic heterocycles. The van der Waals surface area contributed by atoms with Crippen molar-refractivity contribution in [1.82, 2.24) is 4.90 Å². The summed E-state index contributed by atoms with van der Waals surface area (Å²) in [5, 5.41) is 10.7. The van der Waals surface area contributed by atoms with Crippen LogP contribution in [-0.4, -0.2) is 29.6 Å². The van der Waals surface area contributed by atoms with Crippen molar-refractivity contribution in [2.24, 2.45) is 0 Å². The van der Waals surface area contributed by atoms with E-state index in [-0.39, 0.29) is 11.4 Å². The van der Waals surface area contributed by atoms with Gasteiger partial charge in [-0.05, 0) is 44.6 Å². The molecule has 1 saturated carbocycles. The Morgan fingerprint density at radius 1 is 1.11 bits per heavy atom. The van der Waals surface area contributed by atoms with Gasteiger partial charge < -0.3 is 10.0 Å². The molecular weight excluding hydrogens is 229 g/mol. The van der Waals surface area contributed by atoms with Crippen LogP contribution in [0.25, 0.3) is 0 Å². The SMILES string of the molecule is CN(C)C1(C(O)c2ccc(F)cc2)CCCCC1. The van der Waals surface area contributed by atoms with E-state index in [1.807, 2.05) is 14.1 Å². The van der Waals surface area contributed by atoms with Gasteiger partial charge in [0.1, 0.15) is 5.82 Å². The van der Waals surface area contributed by atoms with Crippen LogP contribution in [0, 0.1) is 5.82 Å². The molecule has 1 N–H and O–H groups in total. The van der Waals surface area contributed by atoms with Gasteiger partial charge in [0.25, 0.3) is 0 Å². The van der Waals surface area contributed by atoms with Crippen molar-refractivity contribution >= 4 is 0 Å². The standard InChI is InChI=1S/C15H22FNO/c1-17(2)15(10-4-3-5-11-15)14(18)12-6-8-13(16)9-7-12/h6-9,14,18H,3-5,10-11H2,1-2H3. The maximum atomic E-state index is 13.0. The second kappa shape index (κ2) is 5.37. The van der Waals surface area contributed by atoms with Gasteiger partial charge in [-0.25, -0.2) is 4.39 Å². The number of aliphatic hydroxyl groups is 1. The number of rotatable bonds is 3. The van der Waals surface area contributed by atoms with Crippen LogP contribution in [0.2, 0.25) is 0 Å². The highest BCUT2D eigenvalue weighted by Gasteiger charge is 2.41. The summed E-state index contributed by atoms with van der Waals surface area (Å²) >= 11 is 0. The molecule has 1 aliphatic carbocycles. The quantitative estimate of drug-likeness (QED) is 0.892. The highest BCUT2D eigenvalue weighted by Crippen LogP contribution is 2.41. The molecule has 2 rings (SSSR count). The Kier molecular flexibility index (Phi) is 4.03. The second-order valence-corrected chi connectivity index (χ2v) is 5.51. The molecule has 18 heavy (non-hydrogen) atoms. The van der Waals surface area contributed by atoms with Gasteiger partial charge in [0.05, 0.1) is 11.6 Å². The summed E-state index contributed by atoms with van der Waals surface area (Å²) in [5.74, 6) is -0.256. The maximum absolute atomic E-state index is 13.0. The first kappa shape index (κ1) is 13.5. The molecule has 0 bridgehead atoms. The molecule has 0 heterocycles. The lowest BCUT2D eigenvalue weighted by molar-refractivity contribution is -0.0336. The Morgan fingerprint density at radius 2 is 1.67 bits per heavy atom. The Morgan fingerprint density at radius 3 is 2.17 bits per heavy atom. The molecule has 1 fully saturated rings. The molecular formula is C15H22FNO. The zero-order chi connectivity index (χ0) is 13.2. The van der Waals surface area contributed by atoms with E-state index in [2.05, 4.69) is 4.90 Å². The van der Waals surface area contributed by atoms with E-state index in [0.717, 1.165) is 31.2 Å². The van der Waals surface area contributed by atoms with Crippen molar-refractivity contribution in [3.05, 3.63) is 35.6 Å². The molecule has 1 aromatic carbocycles. The fourth-order valence-electron chi connectivity index (χ4n) is 3.08. The van der Waals surface area contributed by atoms with Gasteiger partial charge in [0, 0.05) is 0 Å². The summed E-state index contributed by atoms with van der Waals surface area (Å²) in [7, 11) is 4.05. The van der Waals surface area contributed by atoms with Crippen molar-refractivity contribution in [1.29, 1.82) is 0 Å². The lowest BCUT2D eigenvalue weighted by Crippen LogP contribution is -2.50. The van der Waals surface area contributed by atoms with Crippen LogP contribution in [0.5, 0.6) is 0 Å².